The van der Waals surface area contributed by atoms with E-state index in [1.54, 1.807) is 11.8 Å². The van der Waals surface area contributed by atoms with Gasteiger partial charge in [-0.1, -0.05) is 51.8 Å². The molecule has 0 bridgehead atoms. The van der Waals surface area contributed by atoms with E-state index >= 15 is 0 Å². The van der Waals surface area contributed by atoms with Gasteiger partial charge in [-0.2, -0.15) is 0 Å². The first-order valence-corrected chi connectivity index (χ1v) is 7.20. The SMILES string of the molecule is CSc1cc(Cl)ccc1-c1ccccc1Br. The van der Waals surface area contributed by atoms with Crippen LogP contribution in [0.4, 0.5) is 0 Å². The summed E-state index contributed by atoms with van der Waals surface area (Å²) in [5.74, 6) is 0. The van der Waals surface area contributed by atoms with Crippen LogP contribution in [0.15, 0.2) is 51.8 Å². The summed E-state index contributed by atoms with van der Waals surface area (Å²) >= 11 is 11.3. The minimum atomic E-state index is 0.778. The molecule has 3 heteroatoms. The normalized spacial score (nSPS) is 10.4. The summed E-state index contributed by atoms with van der Waals surface area (Å²) in [5.41, 5.74) is 2.41. The van der Waals surface area contributed by atoms with Crippen molar-refractivity contribution in [2.45, 2.75) is 4.90 Å². The average Bonchev–Trinajstić information content (AvgIpc) is 2.30. The Bertz CT molecular complexity index is 511. The van der Waals surface area contributed by atoms with Gasteiger partial charge in [-0.3, -0.25) is 0 Å². The van der Waals surface area contributed by atoms with Crippen molar-refractivity contribution >= 4 is 39.3 Å². The molecular formula is C13H10BrClS. The zero-order valence-electron chi connectivity index (χ0n) is 8.71. The van der Waals surface area contributed by atoms with Crippen molar-refractivity contribution in [3.8, 4) is 11.1 Å². The molecule has 82 valence electrons. The zero-order valence-corrected chi connectivity index (χ0v) is 11.9. The summed E-state index contributed by atoms with van der Waals surface area (Å²) in [7, 11) is 0. The van der Waals surface area contributed by atoms with Crippen LogP contribution in [-0.4, -0.2) is 6.26 Å². The van der Waals surface area contributed by atoms with Crippen LogP contribution in [0.2, 0.25) is 5.02 Å². The van der Waals surface area contributed by atoms with Gasteiger partial charge in [0.05, 0.1) is 0 Å². The fraction of sp³-hybridized carbons (Fsp3) is 0.0769. The fourth-order valence-corrected chi connectivity index (χ4v) is 2.95. The molecule has 2 rings (SSSR count). The van der Waals surface area contributed by atoms with Gasteiger partial charge in [0.1, 0.15) is 0 Å². The van der Waals surface area contributed by atoms with Gasteiger partial charge in [0.15, 0.2) is 0 Å². The lowest BCUT2D eigenvalue weighted by atomic mass is 10.1. The van der Waals surface area contributed by atoms with Crippen molar-refractivity contribution in [1.82, 2.24) is 0 Å². The molecular weight excluding hydrogens is 304 g/mol. The molecule has 0 heterocycles. The largest absolute Gasteiger partial charge is 0.129 e. The molecule has 0 aliphatic carbocycles. The van der Waals surface area contributed by atoms with Crippen LogP contribution < -0.4 is 0 Å². The second-order valence-corrected chi connectivity index (χ2v) is 5.46. The molecule has 0 radical (unpaired) electrons. The van der Waals surface area contributed by atoms with Gasteiger partial charge in [-0.15, -0.1) is 11.8 Å². The van der Waals surface area contributed by atoms with Gasteiger partial charge in [-0.25, -0.2) is 0 Å². The first-order chi connectivity index (χ1) is 7.72. The Hall–Kier alpha value is -0.440. The number of thioether (sulfide) groups is 1. The van der Waals surface area contributed by atoms with Crippen LogP contribution in [0.3, 0.4) is 0 Å². The van der Waals surface area contributed by atoms with Crippen LogP contribution >= 0.6 is 39.3 Å². The molecule has 0 spiro atoms. The van der Waals surface area contributed by atoms with E-state index in [0.29, 0.717) is 0 Å². The molecule has 16 heavy (non-hydrogen) atoms. The smallest absolute Gasteiger partial charge is 0.0417 e. The number of hydrogen-bond donors (Lipinski definition) is 0. The van der Waals surface area contributed by atoms with Gasteiger partial charge in [0.2, 0.25) is 0 Å². The molecule has 0 amide bonds. The van der Waals surface area contributed by atoms with E-state index in [9.17, 15) is 0 Å². The second kappa shape index (κ2) is 5.26. The van der Waals surface area contributed by atoms with Gasteiger partial charge in [0, 0.05) is 14.4 Å². The van der Waals surface area contributed by atoms with Gasteiger partial charge in [0.25, 0.3) is 0 Å². The van der Waals surface area contributed by atoms with Crippen molar-refractivity contribution in [2.75, 3.05) is 6.26 Å². The first kappa shape index (κ1) is 12.0. The van der Waals surface area contributed by atoms with Crippen LogP contribution in [0.25, 0.3) is 11.1 Å². The fourth-order valence-electron chi connectivity index (χ4n) is 1.57. The Labute approximate surface area is 113 Å². The first-order valence-electron chi connectivity index (χ1n) is 4.81. The number of rotatable bonds is 2. The average molecular weight is 314 g/mol. The Kier molecular flexibility index (Phi) is 3.95. The van der Waals surface area contributed by atoms with Crippen LogP contribution in [-0.2, 0) is 0 Å². The Morgan fingerprint density at radius 2 is 1.81 bits per heavy atom. The highest BCUT2D eigenvalue weighted by molar-refractivity contribution is 9.10. The summed E-state index contributed by atoms with van der Waals surface area (Å²) < 4.78 is 1.10. The van der Waals surface area contributed by atoms with E-state index < -0.39 is 0 Å². The minimum Gasteiger partial charge on any atom is -0.129 e. The molecule has 2 aromatic rings. The maximum atomic E-state index is 6.00. The summed E-state index contributed by atoms with van der Waals surface area (Å²) in [5, 5.41) is 0.778. The van der Waals surface area contributed by atoms with E-state index in [1.807, 2.05) is 30.3 Å². The summed E-state index contributed by atoms with van der Waals surface area (Å²) in [6.45, 7) is 0. The standard InChI is InChI=1S/C13H10BrClS/c1-16-13-8-9(15)6-7-11(13)10-4-2-3-5-12(10)14/h2-8H,1H3. The van der Waals surface area contributed by atoms with Gasteiger partial charge in [-0.05, 0) is 35.6 Å². The lowest BCUT2D eigenvalue weighted by molar-refractivity contribution is 1.44. The molecule has 0 saturated carbocycles. The van der Waals surface area contributed by atoms with Crippen LogP contribution in [0.1, 0.15) is 0 Å². The summed E-state index contributed by atoms with van der Waals surface area (Å²) in [6, 6.07) is 14.2. The van der Waals surface area contributed by atoms with Gasteiger partial charge < -0.3 is 0 Å². The minimum absolute atomic E-state index is 0.778. The molecule has 0 aromatic heterocycles. The zero-order chi connectivity index (χ0) is 11.5. The van der Waals surface area contributed by atoms with Gasteiger partial charge >= 0.3 is 0 Å². The third kappa shape index (κ3) is 2.45. The molecule has 0 N–H and O–H groups in total. The number of halogens is 2. The lowest BCUT2D eigenvalue weighted by Crippen LogP contribution is -1.83. The second-order valence-electron chi connectivity index (χ2n) is 3.32. The third-order valence-electron chi connectivity index (χ3n) is 2.33. The quantitative estimate of drug-likeness (QED) is 0.660. The Balaban J connectivity index is 2.60. The van der Waals surface area contributed by atoms with Crippen LogP contribution in [0, 0.1) is 0 Å². The topological polar surface area (TPSA) is 0 Å². The molecule has 0 atom stereocenters. The van der Waals surface area contributed by atoms with E-state index in [-0.39, 0.29) is 0 Å². The van der Waals surface area contributed by atoms with Crippen LogP contribution in [0.5, 0.6) is 0 Å². The Morgan fingerprint density at radius 1 is 1.06 bits per heavy atom. The predicted octanol–water partition coefficient (Wildman–Crippen LogP) is 5.49. The van der Waals surface area contributed by atoms with E-state index in [1.165, 1.54) is 16.0 Å². The summed E-state index contributed by atoms with van der Waals surface area (Å²) in [4.78, 5) is 1.19. The van der Waals surface area contributed by atoms with Crippen molar-refractivity contribution in [2.24, 2.45) is 0 Å². The molecule has 0 saturated heterocycles. The molecule has 2 aromatic carbocycles. The maximum absolute atomic E-state index is 6.00. The monoisotopic (exact) mass is 312 g/mol. The predicted molar refractivity (Wildman–Crippen MR) is 76.4 cm³/mol. The number of hydrogen-bond acceptors (Lipinski definition) is 1. The Morgan fingerprint density at radius 3 is 2.50 bits per heavy atom. The lowest BCUT2D eigenvalue weighted by Gasteiger charge is -2.09. The van der Waals surface area contributed by atoms with E-state index in [0.717, 1.165) is 9.50 Å². The molecule has 0 nitrogen and oxygen atoms in total. The highest BCUT2D eigenvalue weighted by atomic mass is 79.9. The molecule has 0 fully saturated rings. The highest BCUT2D eigenvalue weighted by Gasteiger charge is 2.07. The van der Waals surface area contributed by atoms with Crippen molar-refractivity contribution in [3.05, 3.63) is 52.0 Å². The number of benzene rings is 2. The molecule has 0 aliphatic heterocycles. The van der Waals surface area contributed by atoms with E-state index in [4.69, 9.17) is 11.6 Å². The molecule has 0 aliphatic rings. The maximum Gasteiger partial charge on any atom is 0.0417 e. The molecule has 0 unspecified atom stereocenters. The van der Waals surface area contributed by atoms with Crippen molar-refractivity contribution in [1.29, 1.82) is 0 Å². The van der Waals surface area contributed by atoms with Crippen molar-refractivity contribution in [3.63, 3.8) is 0 Å². The van der Waals surface area contributed by atoms with Crippen molar-refractivity contribution < 1.29 is 0 Å². The van der Waals surface area contributed by atoms with E-state index in [2.05, 4.69) is 34.3 Å². The summed E-state index contributed by atoms with van der Waals surface area (Å²) in [6.07, 6.45) is 2.06. The third-order valence-corrected chi connectivity index (χ3v) is 4.03. The highest BCUT2D eigenvalue weighted by Crippen LogP contribution is 2.36.